The molecular weight excluding hydrogens is 465 g/mol. The molecule has 0 radical (unpaired) electrons. The predicted molar refractivity (Wildman–Crippen MR) is 122 cm³/mol. The van der Waals surface area contributed by atoms with Gasteiger partial charge in [0.25, 0.3) is 22.9 Å². The van der Waals surface area contributed by atoms with Gasteiger partial charge in [0.1, 0.15) is 11.4 Å². The van der Waals surface area contributed by atoms with Crippen LogP contribution in [-0.4, -0.2) is 27.5 Å². The van der Waals surface area contributed by atoms with Crippen LogP contribution in [0.4, 0.5) is 19.0 Å². The summed E-state index contributed by atoms with van der Waals surface area (Å²) in [4.78, 5) is 52.8. The summed E-state index contributed by atoms with van der Waals surface area (Å²) < 4.78 is 44.4. The maximum Gasteiger partial charge on any atom is 0.425 e. The molecule has 1 atom stereocenters. The Morgan fingerprint density at radius 3 is 2.09 bits per heavy atom. The van der Waals surface area contributed by atoms with E-state index < -0.39 is 46.2 Å². The lowest BCUT2D eigenvalue weighted by atomic mass is 9.86. The van der Waals surface area contributed by atoms with E-state index in [0.29, 0.717) is 0 Å². The summed E-state index contributed by atoms with van der Waals surface area (Å²) in [6.45, 7) is 5.79. The molecule has 3 aromatic rings. The van der Waals surface area contributed by atoms with E-state index in [1.54, 1.807) is 23.5 Å². The zero-order valence-corrected chi connectivity index (χ0v) is 18.9. The fourth-order valence-corrected chi connectivity index (χ4v) is 3.97. The summed E-state index contributed by atoms with van der Waals surface area (Å²) in [5, 5.41) is 3.74. The highest BCUT2D eigenvalue weighted by atomic mass is 19.4. The van der Waals surface area contributed by atoms with Gasteiger partial charge in [-0.1, -0.05) is 51.1 Å². The lowest BCUT2D eigenvalue weighted by Gasteiger charge is -2.30. The number of halogens is 3. The van der Waals surface area contributed by atoms with Crippen LogP contribution in [0.15, 0.2) is 64.2 Å². The van der Waals surface area contributed by atoms with Gasteiger partial charge in [-0.25, -0.2) is 9.36 Å². The van der Waals surface area contributed by atoms with Crippen molar-refractivity contribution in [3.05, 3.63) is 92.1 Å². The molecule has 8 nitrogen and oxygen atoms in total. The Hall–Kier alpha value is -4.15. The van der Waals surface area contributed by atoms with Crippen molar-refractivity contribution in [1.82, 2.24) is 14.9 Å². The Morgan fingerprint density at radius 2 is 1.54 bits per heavy atom. The number of fused-ring (bicyclic) bond motifs is 1. The summed E-state index contributed by atoms with van der Waals surface area (Å²) >= 11 is 0. The summed E-state index contributed by atoms with van der Waals surface area (Å²) in [7, 11) is 0. The second kappa shape index (κ2) is 7.97. The quantitative estimate of drug-likeness (QED) is 0.528. The summed E-state index contributed by atoms with van der Waals surface area (Å²) in [6, 6.07) is 13.3. The highest BCUT2D eigenvalue weighted by molar-refractivity contribution is 6.09. The number of anilines is 1. The average molecular weight is 486 g/mol. The second-order valence-corrected chi connectivity index (χ2v) is 9.14. The SMILES string of the molecule is CC(C)(C)c1ccc(C(=O)N[C@]2(C(F)(F)F)C(=O)Nc3c2c(=O)[nH]c(=O)n3-c2ccccc2)cc1. The van der Waals surface area contributed by atoms with E-state index in [1.807, 2.05) is 31.1 Å². The van der Waals surface area contributed by atoms with E-state index in [9.17, 15) is 32.3 Å². The smallest absolute Gasteiger partial charge is 0.326 e. The molecule has 0 saturated heterocycles. The van der Waals surface area contributed by atoms with Crippen LogP contribution >= 0.6 is 0 Å². The molecule has 2 heterocycles. The zero-order chi connectivity index (χ0) is 25.8. The van der Waals surface area contributed by atoms with Crippen LogP contribution < -0.4 is 21.9 Å². The molecule has 0 bridgehead atoms. The number of amides is 2. The van der Waals surface area contributed by atoms with Crippen molar-refractivity contribution >= 4 is 17.6 Å². The van der Waals surface area contributed by atoms with E-state index in [4.69, 9.17) is 0 Å². The maximum atomic E-state index is 14.5. The molecule has 2 aromatic carbocycles. The first-order valence-corrected chi connectivity index (χ1v) is 10.5. The van der Waals surface area contributed by atoms with Gasteiger partial charge in [-0.15, -0.1) is 0 Å². The topological polar surface area (TPSA) is 113 Å². The van der Waals surface area contributed by atoms with Gasteiger partial charge in [0.2, 0.25) is 0 Å². The van der Waals surface area contributed by atoms with Gasteiger partial charge in [0.05, 0.1) is 5.69 Å². The molecule has 3 N–H and O–H groups in total. The fraction of sp³-hybridized carbons (Fsp3) is 0.250. The van der Waals surface area contributed by atoms with E-state index >= 15 is 0 Å². The van der Waals surface area contributed by atoms with Crippen LogP contribution in [0.2, 0.25) is 0 Å². The first-order chi connectivity index (χ1) is 16.3. The number of carbonyl (C=O) groups is 2. The highest BCUT2D eigenvalue weighted by Crippen LogP contribution is 2.45. The molecule has 4 rings (SSSR count). The fourth-order valence-electron chi connectivity index (χ4n) is 3.97. The first-order valence-electron chi connectivity index (χ1n) is 10.5. The number of alkyl halides is 3. The highest BCUT2D eigenvalue weighted by Gasteiger charge is 2.68. The van der Waals surface area contributed by atoms with E-state index in [2.05, 4.69) is 0 Å². The molecular formula is C24H21F3N4O4. The largest absolute Gasteiger partial charge is 0.425 e. The van der Waals surface area contributed by atoms with Crippen LogP contribution in [0.25, 0.3) is 5.69 Å². The zero-order valence-electron chi connectivity index (χ0n) is 18.9. The minimum absolute atomic E-state index is 0.104. The Morgan fingerprint density at radius 1 is 0.943 bits per heavy atom. The minimum atomic E-state index is -5.42. The Labute approximate surface area is 196 Å². The van der Waals surface area contributed by atoms with Crippen molar-refractivity contribution in [2.24, 2.45) is 0 Å². The van der Waals surface area contributed by atoms with Gasteiger partial charge in [-0.3, -0.25) is 19.4 Å². The van der Waals surface area contributed by atoms with Crippen molar-refractivity contribution in [2.45, 2.75) is 37.9 Å². The number of hydrogen-bond acceptors (Lipinski definition) is 4. The van der Waals surface area contributed by atoms with Crippen molar-refractivity contribution in [2.75, 3.05) is 5.32 Å². The number of nitrogens with one attached hydrogen (secondary N) is 3. The number of aromatic amines is 1. The lowest BCUT2D eigenvalue weighted by molar-refractivity contribution is -0.196. The predicted octanol–water partition coefficient (Wildman–Crippen LogP) is 2.96. The van der Waals surface area contributed by atoms with Crippen LogP contribution in [0.1, 0.15) is 42.3 Å². The number of para-hydroxylation sites is 1. The van der Waals surface area contributed by atoms with Gasteiger partial charge < -0.3 is 10.6 Å². The third-order valence-electron chi connectivity index (χ3n) is 5.81. The number of rotatable bonds is 3. The third kappa shape index (κ3) is 3.82. The van der Waals surface area contributed by atoms with Crippen molar-refractivity contribution < 1.29 is 22.8 Å². The molecule has 2 amide bonds. The van der Waals surface area contributed by atoms with Crippen LogP contribution in [0.3, 0.4) is 0 Å². The van der Waals surface area contributed by atoms with Gasteiger partial charge >= 0.3 is 11.9 Å². The summed E-state index contributed by atoms with van der Waals surface area (Å²) in [6.07, 6.45) is -5.42. The van der Waals surface area contributed by atoms with E-state index in [1.165, 1.54) is 36.4 Å². The van der Waals surface area contributed by atoms with Crippen LogP contribution in [-0.2, 0) is 15.7 Å². The Balaban J connectivity index is 1.89. The first kappa shape index (κ1) is 24.0. The number of nitrogens with zero attached hydrogens (tertiary/aromatic N) is 1. The van der Waals surface area contributed by atoms with Crippen LogP contribution in [0.5, 0.6) is 0 Å². The van der Waals surface area contributed by atoms with E-state index in [-0.39, 0.29) is 16.7 Å². The average Bonchev–Trinajstić information content (AvgIpc) is 3.07. The molecule has 0 saturated carbocycles. The number of carbonyl (C=O) groups excluding carboxylic acids is 2. The molecule has 182 valence electrons. The van der Waals surface area contributed by atoms with Crippen LogP contribution in [0, 0.1) is 0 Å². The van der Waals surface area contributed by atoms with Gasteiger partial charge in [-0.2, -0.15) is 13.2 Å². The summed E-state index contributed by atoms with van der Waals surface area (Å²) in [5.74, 6) is -3.60. The number of aromatic nitrogens is 2. The maximum absolute atomic E-state index is 14.5. The summed E-state index contributed by atoms with van der Waals surface area (Å²) in [5.41, 5.74) is -6.81. The molecule has 1 aromatic heterocycles. The van der Waals surface area contributed by atoms with Crippen molar-refractivity contribution in [1.29, 1.82) is 0 Å². The normalized spacial score (nSPS) is 17.6. The van der Waals surface area contributed by atoms with E-state index in [0.717, 1.165) is 10.1 Å². The minimum Gasteiger partial charge on any atom is -0.326 e. The number of H-pyrrole nitrogens is 1. The molecule has 1 aliphatic rings. The van der Waals surface area contributed by atoms with Gasteiger partial charge in [0.15, 0.2) is 0 Å². The molecule has 35 heavy (non-hydrogen) atoms. The molecule has 0 spiro atoms. The monoisotopic (exact) mass is 486 g/mol. The molecule has 0 fully saturated rings. The molecule has 1 aliphatic heterocycles. The molecule has 0 aliphatic carbocycles. The third-order valence-corrected chi connectivity index (χ3v) is 5.81. The van der Waals surface area contributed by atoms with Gasteiger partial charge in [0, 0.05) is 5.56 Å². The lowest BCUT2D eigenvalue weighted by Crippen LogP contribution is -2.62. The van der Waals surface area contributed by atoms with Crippen molar-refractivity contribution in [3.63, 3.8) is 0 Å². The molecule has 11 heteroatoms. The second-order valence-electron chi connectivity index (χ2n) is 9.14. The standard InChI is InChI=1S/C24H21F3N4O4/c1-22(2,3)14-11-9-13(10-12-14)18(32)30-23(24(25,26)27)16-17(28-20(23)34)31(21(35)29-19(16)33)15-7-5-4-6-8-15/h4-12H,1-3H3,(H,28,34)(H,30,32)(H,29,33,35)/t23-/m0/s1. The number of hydrogen-bond donors (Lipinski definition) is 3. The van der Waals surface area contributed by atoms with Crippen molar-refractivity contribution in [3.8, 4) is 5.69 Å². The number of benzene rings is 2. The molecule has 0 unspecified atom stereocenters. The Bertz CT molecular complexity index is 1440. The Kier molecular flexibility index (Phi) is 5.46. The van der Waals surface area contributed by atoms with Gasteiger partial charge in [-0.05, 0) is 35.2 Å².